The maximum atomic E-state index is 8.65. The van der Waals surface area contributed by atoms with Gasteiger partial charge in [-0.1, -0.05) is 18.8 Å². The van der Waals surface area contributed by atoms with E-state index in [1.54, 1.807) is 11.3 Å². The van der Waals surface area contributed by atoms with Gasteiger partial charge in [0.05, 0.1) is 4.88 Å². The number of nitrogens with zero attached hydrogens (tertiary/aromatic N) is 1. The molecule has 0 amide bonds. The highest BCUT2D eigenvalue weighted by molar-refractivity contribution is 7.12. The molecule has 1 saturated carbocycles. The van der Waals surface area contributed by atoms with E-state index in [-0.39, 0.29) is 6.61 Å². The molecule has 0 saturated heterocycles. The number of aliphatic hydroxyl groups is 1. The monoisotopic (exact) mass is 249 g/mol. The summed E-state index contributed by atoms with van der Waals surface area (Å²) in [6, 6.07) is 5.04. The number of hydrogen-bond acceptors (Lipinski definition) is 3. The van der Waals surface area contributed by atoms with Crippen LogP contribution in [0.1, 0.15) is 35.9 Å². The van der Waals surface area contributed by atoms with Crippen molar-refractivity contribution in [1.82, 2.24) is 4.90 Å². The van der Waals surface area contributed by atoms with Crippen LogP contribution in [0.4, 0.5) is 0 Å². The van der Waals surface area contributed by atoms with Gasteiger partial charge in [0.2, 0.25) is 0 Å². The summed E-state index contributed by atoms with van der Waals surface area (Å²) in [5.74, 6) is 5.66. The molecule has 2 rings (SSSR count). The molecular weight excluding hydrogens is 230 g/mol. The fourth-order valence-corrected chi connectivity index (χ4v) is 2.88. The van der Waals surface area contributed by atoms with Gasteiger partial charge in [0, 0.05) is 17.5 Å². The topological polar surface area (TPSA) is 23.5 Å². The molecule has 92 valence electrons. The van der Waals surface area contributed by atoms with E-state index in [1.165, 1.54) is 30.7 Å². The predicted octanol–water partition coefficient (Wildman–Crippen LogP) is 2.47. The Morgan fingerprint density at radius 3 is 2.94 bits per heavy atom. The van der Waals surface area contributed by atoms with E-state index in [0.717, 1.165) is 17.5 Å². The van der Waals surface area contributed by atoms with E-state index < -0.39 is 0 Å². The van der Waals surface area contributed by atoms with Crippen LogP contribution in [0.15, 0.2) is 12.1 Å². The highest BCUT2D eigenvalue weighted by atomic mass is 32.1. The molecule has 0 aromatic carbocycles. The van der Waals surface area contributed by atoms with Gasteiger partial charge in [-0.25, -0.2) is 0 Å². The summed E-state index contributed by atoms with van der Waals surface area (Å²) in [6.07, 6.45) is 3.95. The molecule has 1 fully saturated rings. The summed E-state index contributed by atoms with van der Waals surface area (Å²) < 4.78 is 0. The van der Waals surface area contributed by atoms with E-state index in [0.29, 0.717) is 0 Å². The van der Waals surface area contributed by atoms with Crippen LogP contribution in [0.2, 0.25) is 0 Å². The van der Waals surface area contributed by atoms with Crippen LogP contribution in [-0.4, -0.2) is 29.2 Å². The largest absolute Gasteiger partial charge is 0.384 e. The SMILES string of the molecule is CCCN(Cc1ccc(C#CCO)s1)C1CC1. The summed E-state index contributed by atoms with van der Waals surface area (Å²) in [6.45, 7) is 4.43. The number of aliphatic hydroxyl groups excluding tert-OH is 1. The molecule has 1 heterocycles. The number of rotatable bonds is 5. The lowest BCUT2D eigenvalue weighted by molar-refractivity contribution is 0.257. The summed E-state index contributed by atoms with van der Waals surface area (Å²) in [5.41, 5.74) is 0. The Morgan fingerprint density at radius 1 is 1.47 bits per heavy atom. The van der Waals surface area contributed by atoms with Crippen LogP contribution in [0.3, 0.4) is 0 Å². The van der Waals surface area contributed by atoms with E-state index in [2.05, 4.69) is 35.8 Å². The molecule has 0 atom stereocenters. The zero-order valence-electron chi connectivity index (χ0n) is 10.3. The molecule has 1 N–H and O–H groups in total. The Labute approximate surface area is 107 Å². The van der Waals surface area contributed by atoms with Gasteiger partial charge in [-0.2, -0.15) is 0 Å². The van der Waals surface area contributed by atoms with Gasteiger partial charge >= 0.3 is 0 Å². The van der Waals surface area contributed by atoms with Gasteiger partial charge < -0.3 is 5.11 Å². The number of thiophene rings is 1. The average Bonchev–Trinajstić information content (AvgIpc) is 3.08. The quantitative estimate of drug-likeness (QED) is 0.810. The highest BCUT2D eigenvalue weighted by Gasteiger charge is 2.28. The second kappa shape index (κ2) is 6.20. The highest BCUT2D eigenvalue weighted by Crippen LogP contribution is 2.29. The lowest BCUT2D eigenvalue weighted by atomic mass is 10.3. The van der Waals surface area contributed by atoms with Crippen LogP contribution in [0.25, 0.3) is 0 Å². The third-order valence-corrected chi connectivity index (χ3v) is 3.87. The molecule has 0 bridgehead atoms. The molecule has 1 aromatic heterocycles. The molecule has 1 aliphatic carbocycles. The van der Waals surface area contributed by atoms with Gasteiger partial charge in [-0.3, -0.25) is 4.90 Å². The summed E-state index contributed by atoms with van der Waals surface area (Å²) in [7, 11) is 0. The van der Waals surface area contributed by atoms with Crippen molar-refractivity contribution < 1.29 is 5.11 Å². The fraction of sp³-hybridized carbons (Fsp3) is 0.571. The van der Waals surface area contributed by atoms with Crippen molar-refractivity contribution in [2.24, 2.45) is 0 Å². The van der Waals surface area contributed by atoms with Crippen LogP contribution >= 0.6 is 11.3 Å². The average molecular weight is 249 g/mol. The van der Waals surface area contributed by atoms with Crippen LogP contribution in [0, 0.1) is 11.8 Å². The first-order chi connectivity index (χ1) is 8.33. The molecule has 3 heteroatoms. The van der Waals surface area contributed by atoms with Crippen molar-refractivity contribution in [3.05, 3.63) is 21.9 Å². The molecule has 17 heavy (non-hydrogen) atoms. The van der Waals surface area contributed by atoms with Crippen LogP contribution in [-0.2, 0) is 6.54 Å². The molecule has 1 aromatic rings. The Balaban J connectivity index is 1.94. The Kier molecular flexibility index (Phi) is 4.61. The van der Waals surface area contributed by atoms with Crippen LogP contribution in [0.5, 0.6) is 0 Å². The minimum Gasteiger partial charge on any atom is -0.384 e. The Morgan fingerprint density at radius 2 is 2.29 bits per heavy atom. The van der Waals surface area contributed by atoms with Gasteiger partial charge in [0.15, 0.2) is 0 Å². The zero-order valence-corrected chi connectivity index (χ0v) is 11.1. The first-order valence-electron chi connectivity index (χ1n) is 6.26. The molecule has 2 nitrogen and oxygen atoms in total. The van der Waals surface area contributed by atoms with E-state index in [1.807, 2.05) is 0 Å². The van der Waals surface area contributed by atoms with E-state index in [9.17, 15) is 0 Å². The van der Waals surface area contributed by atoms with E-state index in [4.69, 9.17) is 5.11 Å². The third kappa shape index (κ3) is 3.85. The Bertz CT molecular complexity index is 411. The third-order valence-electron chi connectivity index (χ3n) is 2.89. The molecule has 0 aliphatic heterocycles. The van der Waals surface area contributed by atoms with Crippen molar-refractivity contribution in [2.45, 2.75) is 38.8 Å². The van der Waals surface area contributed by atoms with Crippen molar-refractivity contribution in [3.8, 4) is 11.8 Å². The van der Waals surface area contributed by atoms with Gasteiger partial charge in [0.1, 0.15) is 6.61 Å². The lowest BCUT2D eigenvalue weighted by Gasteiger charge is -2.19. The standard InChI is InChI=1S/C14H19NOS/c1-2-9-15(12-5-6-12)11-14-8-7-13(17-14)4-3-10-16/h7-8,12,16H,2,5-6,9-11H2,1H3. The maximum absolute atomic E-state index is 8.65. The smallest absolute Gasteiger partial charge is 0.104 e. The Hall–Kier alpha value is -0.820. The molecule has 0 spiro atoms. The maximum Gasteiger partial charge on any atom is 0.104 e. The lowest BCUT2D eigenvalue weighted by Crippen LogP contribution is -2.25. The molecular formula is C14H19NOS. The predicted molar refractivity (Wildman–Crippen MR) is 72.0 cm³/mol. The first kappa shape index (κ1) is 12.6. The van der Waals surface area contributed by atoms with Crippen molar-refractivity contribution >= 4 is 11.3 Å². The first-order valence-corrected chi connectivity index (χ1v) is 7.07. The second-order valence-corrected chi connectivity index (χ2v) is 5.60. The van der Waals surface area contributed by atoms with Gasteiger partial charge in [-0.15, -0.1) is 11.3 Å². The minimum atomic E-state index is -0.0583. The summed E-state index contributed by atoms with van der Waals surface area (Å²) >= 11 is 1.75. The normalized spacial score (nSPS) is 14.8. The second-order valence-electron chi connectivity index (χ2n) is 4.43. The molecule has 0 unspecified atom stereocenters. The van der Waals surface area contributed by atoms with Crippen molar-refractivity contribution in [3.63, 3.8) is 0 Å². The van der Waals surface area contributed by atoms with Gasteiger partial charge in [0.25, 0.3) is 0 Å². The zero-order chi connectivity index (χ0) is 12.1. The fourth-order valence-electron chi connectivity index (χ4n) is 1.97. The molecule has 1 aliphatic rings. The van der Waals surface area contributed by atoms with E-state index >= 15 is 0 Å². The van der Waals surface area contributed by atoms with Crippen LogP contribution < -0.4 is 0 Å². The number of hydrogen-bond donors (Lipinski definition) is 1. The summed E-state index contributed by atoms with van der Waals surface area (Å²) in [5, 5.41) is 8.65. The van der Waals surface area contributed by atoms with Gasteiger partial charge in [-0.05, 0) is 37.9 Å². The minimum absolute atomic E-state index is 0.0583. The van der Waals surface area contributed by atoms with Crippen molar-refractivity contribution in [1.29, 1.82) is 0 Å². The summed E-state index contributed by atoms with van der Waals surface area (Å²) in [4.78, 5) is 5.02. The molecule has 0 radical (unpaired) electrons. The van der Waals surface area contributed by atoms with Crippen molar-refractivity contribution in [2.75, 3.05) is 13.2 Å².